The van der Waals surface area contributed by atoms with Crippen molar-refractivity contribution in [3.63, 3.8) is 0 Å². The van der Waals surface area contributed by atoms with Crippen LogP contribution in [0.4, 0.5) is 0 Å². The zero-order valence-electron chi connectivity index (χ0n) is 36.7. The predicted molar refractivity (Wildman–Crippen MR) is 230 cm³/mol. The molecule has 57 heavy (non-hydrogen) atoms. The Hall–Kier alpha value is -2.06. The van der Waals surface area contributed by atoms with Crippen LogP contribution in [0.1, 0.15) is 150 Å². The molecule has 11 rings (SSSR count). The summed E-state index contributed by atoms with van der Waals surface area (Å²) in [6.07, 6.45) is 35.3. The summed E-state index contributed by atoms with van der Waals surface area (Å²) in [5, 5.41) is 10.6. The summed E-state index contributed by atoms with van der Waals surface area (Å²) in [5.74, 6) is 3.88. The summed E-state index contributed by atoms with van der Waals surface area (Å²) in [6.45, 7) is 17.8. The molecule has 0 aromatic carbocycles. The second-order valence-corrected chi connectivity index (χ2v) is 26.2. The molecule has 4 bridgehead atoms. The average molecular weight is 799 g/mol. The Balaban J connectivity index is 0.000000118. The number of hydrogen-bond acceptors (Lipinski definition) is 6. The first-order valence-corrected chi connectivity index (χ1v) is 26.7. The van der Waals surface area contributed by atoms with Crippen LogP contribution in [0.5, 0.6) is 0 Å². The minimum Gasteiger partial charge on any atom is -0.547 e. The molecule has 1 N–H and O–H groups in total. The molecule has 4 heterocycles. The quantitative estimate of drug-likeness (QED) is 0.221. The fourth-order valence-corrected chi connectivity index (χ4v) is 15.0. The number of ketones is 2. The van der Waals surface area contributed by atoms with Crippen molar-refractivity contribution >= 4 is 19.9 Å². The Bertz CT molecular complexity index is 1770. The summed E-state index contributed by atoms with van der Waals surface area (Å²) in [4.78, 5) is 24.0. The average Bonchev–Trinajstić information content (AvgIpc) is 4.04. The number of ether oxygens (including phenoxy) is 2. The van der Waals surface area contributed by atoms with Crippen molar-refractivity contribution in [2.45, 2.75) is 199 Å². The summed E-state index contributed by atoms with van der Waals surface area (Å²) in [5.41, 5.74) is 2.47. The molecule has 0 unspecified atom stereocenters. The highest BCUT2D eigenvalue weighted by Gasteiger charge is 2.60. The third kappa shape index (κ3) is 7.22. The van der Waals surface area contributed by atoms with Gasteiger partial charge in [-0.15, -0.1) is 0 Å². The molecule has 2 spiro atoms. The lowest BCUT2D eigenvalue weighted by Gasteiger charge is -2.36. The number of carbonyl (C=O) groups is 2. The largest absolute Gasteiger partial charge is 0.547 e. The summed E-state index contributed by atoms with van der Waals surface area (Å²) >= 11 is 0. The number of rotatable bonds is 2. The van der Waals surface area contributed by atoms with E-state index in [-0.39, 0.29) is 40.2 Å². The lowest BCUT2D eigenvalue weighted by Crippen LogP contribution is -2.35. The molecule has 6 nitrogen and oxygen atoms in total. The van der Waals surface area contributed by atoms with Crippen molar-refractivity contribution in [1.29, 1.82) is 0 Å². The highest BCUT2D eigenvalue weighted by atomic mass is 28.4. The first kappa shape index (κ1) is 41.7. The van der Waals surface area contributed by atoms with E-state index in [4.69, 9.17) is 13.9 Å². The Morgan fingerprint density at radius 1 is 0.719 bits per heavy atom. The normalized spacial score (nSPS) is 48.1. The van der Waals surface area contributed by atoms with Crippen molar-refractivity contribution < 1.29 is 28.6 Å². The molecule has 12 atom stereocenters. The van der Waals surface area contributed by atoms with E-state index < -0.39 is 13.9 Å². The molecule has 4 aliphatic heterocycles. The standard InChI is InChI=1S/C18H28O2Si.2C15H20O2.C2H6/c1-17-10-7-15(20-21(2,3)4)16(17)14-8-11-18(19-14)9-5-6-13(18)12-17;1-14-7-4-11(16)13(14)12-5-8-15(17-12)6-2-3-10(15)9-14;1-14-9-6-13(16)12(14)5-3-8-15(17)7-2-4-11(15)10-14;1-2/h8,11,13-14H,5-7,9-10,12H2,1-4H3;5,8,10,12-13H,2-4,6-7,9H2,1H3;3,5,8,11,17H,2,4,6-7,9-10H2,1H3;1-2H3/b;;8-3-,12-5-;/t13-,14+,17+,18-;10-,12+,13-,14+,15-;11-,14+,15-;/m000./s1. The van der Waals surface area contributed by atoms with E-state index in [2.05, 4.69) is 64.7 Å². The van der Waals surface area contributed by atoms with E-state index in [1.165, 1.54) is 69.1 Å². The van der Waals surface area contributed by atoms with Gasteiger partial charge in [-0.25, -0.2) is 0 Å². The monoisotopic (exact) mass is 799 g/mol. The van der Waals surface area contributed by atoms with Gasteiger partial charge in [0.1, 0.15) is 11.9 Å². The molecule has 0 amide bonds. The number of carbonyl (C=O) groups excluding carboxylic acids is 2. The zero-order valence-corrected chi connectivity index (χ0v) is 37.7. The Kier molecular flexibility index (Phi) is 10.8. The van der Waals surface area contributed by atoms with Gasteiger partial charge in [0.05, 0.1) is 34.6 Å². The fourth-order valence-electron chi connectivity index (χ4n) is 14.1. The highest BCUT2D eigenvalue weighted by Crippen LogP contribution is 2.61. The number of allylic oxidation sites excluding steroid dienone is 4. The van der Waals surface area contributed by atoms with Crippen LogP contribution in [0, 0.1) is 39.9 Å². The molecular weight excluding hydrogens is 725 g/mol. The molecule has 0 aromatic rings. The van der Waals surface area contributed by atoms with Gasteiger partial charge < -0.3 is 19.0 Å². The molecule has 314 valence electrons. The van der Waals surface area contributed by atoms with E-state index in [0.29, 0.717) is 41.2 Å². The van der Waals surface area contributed by atoms with Gasteiger partial charge in [0.25, 0.3) is 0 Å². The van der Waals surface area contributed by atoms with Gasteiger partial charge in [0.15, 0.2) is 5.78 Å². The number of aliphatic hydroxyl groups is 1. The second-order valence-electron chi connectivity index (χ2n) is 21.8. The van der Waals surface area contributed by atoms with Crippen LogP contribution in [-0.2, 0) is 23.5 Å². The Morgan fingerprint density at radius 2 is 1.35 bits per heavy atom. The molecule has 2 saturated heterocycles. The van der Waals surface area contributed by atoms with Crippen molar-refractivity contribution in [3.05, 3.63) is 59.4 Å². The van der Waals surface area contributed by atoms with Crippen LogP contribution in [0.25, 0.3) is 0 Å². The van der Waals surface area contributed by atoms with E-state index in [1.807, 2.05) is 32.1 Å². The maximum atomic E-state index is 12.2. The lowest BCUT2D eigenvalue weighted by molar-refractivity contribution is -0.128. The van der Waals surface area contributed by atoms with Crippen LogP contribution in [-0.4, -0.2) is 54.0 Å². The second kappa shape index (κ2) is 14.8. The molecule has 11 aliphatic rings. The molecule has 5 saturated carbocycles. The minimum absolute atomic E-state index is 0.00479. The Labute approximate surface area is 345 Å². The SMILES string of the molecule is CC.C[C@]12CCC(=O)/C1=C/C=C\[C@@]1(O)CCC[C@H]1C2.C[C@]12CCC(=O)[C@H]1[C@H]1C=C[C@]3(CCC[C@H]3C2)O1.C[C@]12CCC(O[Si](C)(C)C)=C1[C@H]1C=C[C@]3(CCC[C@H]3C2)O1. The summed E-state index contributed by atoms with van der Waals surface area (Å²) < 4.78 is 19.4. The van der Waals surface area contributed by atoms with E-state index in [0.717, 1.165) is 56.9 Å². The van der Waals surface area contributed by atoms with Crippen LogP contribution in [0.15, 0.2) is 59.4 Å². The summed E-state index contributed by atoms with van der Waals surface area (Å²) in [7, 11) is -1.54. The highest BCUT2D eigenvalue weighted by molar-refractivity contribution is 6.70. The summed E-state index contributed by atoms with van der Waals surface area (Å²) in [6, 6.07) is 0. The van der Waals surface area contributed by atoms with Crippen LogP contribution in [0.2, 0.25) is 19.6 Å². The van der Waals surface area contributed by atoms with Gasteiger partial charge in [-0.05, 0) is 150 Å². The Morgan fingerprint density at radius 3 is 2.09 bits per heavy atom. The first-order valence-electron chi connectivity index (χ1n) is 23.3. The minimum atomic E-state index is -1.54. The fraction of sp³-hybridized carbons (Fsp3) is 0.760. The zero-order chi connectivity index (χ0) is 40.6. The van der Waals surface area contributed by atoms with Gasteiger partial charge in [0.2, 0.25) is 8.32 Å². The van der Waals surface area contributed by atoms with E-state index in [1.54, 1.807) is 0 Å². The van der Waals surface area contributed by atoms with Gasteiger partial charge in [0, 0.05) is 30.4 Å². The first-order chi connectivity index (χ1) is 27.0. The topological polar surface area (TPSA) is 82.1 Å². The van der Waals surface area contributed by atoms with Crippen LogP contribution < -0.4 is 0 Å². The third-order valence-corrected chi connectivity index (χ3v) is 17.7. The van der Waals surface area contributed by atoms with Crippen molar-refractivity contribution in [2.24, 2.45) is 39.9 Å². The molecule has 7 aliphatic carbocycles. The number of Topliss-reactive ketones (excluding diaryl/α,β-unsaturated/α-hetero) is 2. The molecular formula is C50H74O6Si. The van der Waals surface area contributed by atoms with E-state index in [9.17, 15) is 14.7 Å². The van der Waals surface area contributed by atoms with Crippen molar-refractivity contribution in [3.8, 4) is 0 Å². The third-order valence-electron chi connectivity index (χ3n) is 16.8. The van der Waals surface area contributed by atoms with Gasteiger partial charge in [-0.3, -0.25) is 9.59 Å². The van der Waals surface area contributed by atoms with Crippen molar-refractivity contribution in [2.75, 3.05) is 0 Å². The molecule has 0 aromatic heterocycles. The van der Waals surface area contributed by atoms with Crippen molar-refractivity contribution in [1.82, 2.24) is 0 Å². The van der Waals surface area contributed by atoms with Gasteiger partial charge in [-0.1, -0.05) is 77.2 Å². The van der Waals surface area contributed by atoms with Gasteiger partial charge >= 0.3 is 0 Å². The smallest absolute Gasteiger partial charge is 0.241 e. The van der Waals surface area contributed by atoms with E-state index >= 15 is 0 Å². The number of hydrogen-bond donors (Lipinski definition) is 1. The van der Waals surface area contributed by atoms with Crippen LogP contribution >= 0.6 is 0 Å². The van der Waals surface area contributed by atoms with Gasteiger partial charge in [-0.2, -0.15) is 0 Å². The van der Waals surface area contributed by atoms with Crippen LogP contribution in [0.3, 0.4) is 0 Å². The maximum absolute atomic E-state index is 12.2. The molecule has 0 radical (unpaired) electrons. The maximum Gasteiger partial charge on any atom is 0.241 e. The lowest BCUT2D eigenvalue weighted by atomic mass is 9.68. The molecule has 7 fully saturated rings. The molecule has 7 heteroatoms. The number of fused-ring (bicyclic) bond motifs is 8. The predicted octanol–water partition coefficient (Wildman–Crippen LogP) is 11.5.